The molecule has 0 aliphatic heterocycles. The standard InChI is InChI=1S/C8H3F4O2.Na.O3S/c1-3(13)14-8-6(11)4(9)2-5(10)7(8)12;;1-4(2)3/h1H3;;/q-1;+1;. The molecular weight excluding hydrogens is 307 g/mol. The van der Waals surface area contributed by atoms with Crippen molar-refractivity contribution in [1.82, 2.24) is 0 Å². The zero-order valence-electron chi connectivity index (χ0n) is 9.46. The summed E-state index contributed by atoms with van der Waals surface area (Å²) in [5.74, 6) is -9.57. The van der Waals surface area contributed by atoms with Crippen molar-refractivity contribution < 1.29 is 69.3 Å². The Bertz CT molecular complexity index is 541. The fourth-order valence-electron chi connectivity index (χ4n) is 0.735. The summed E-state index contributed by atoms with van der Waals surface area (Å²) in [7, 11) is -3.11. The summed E-state index contributed by atoms with van der Waals surface area (Å²) in [5.41, 5.74) is 0. The van der Waals surface area contributed by atoms with E-state index in [0.717, 1.165) is 13.0 Å². The van der Waals surface area contributed by atoms with E-state index in [1.807, 2.05) is 0 Å². The van der Waals surface area contributed by atoms with Crippen molar-refractivity contribution in [3.63, 3.8) is 0 Å². The summed E-state index contributed by atoms with van der Waals surface area (Å²) in [6.07, 6.45) is 0. The first kappa shape index (κ1) is 20.3. The van der Waals surface area contributed by atoms with E-state index in [4.69, 9.17) is 12.6 Å². The number of ether oxygens (including phenoxy) is 1. The van der Waals surface area contributed by atoms with Crippen LogP contribution in [-0.2, 0) is 15.4 Å². The van der Waals surface area contributed by atoms with Crippen LogP contribution in [0, 0.1) is 29.3 Å². The normalized spacial score (nSPS) is 8.68. The molecule has 100 valence electrons. The number of carbonyl (C=O) groups excluding carboxylic acids is 1. The Labute approximate surface area is 127 Å². The van der Waals surface area contributed by atoms with Crippen LogP contribution in [0.3, 0.4) is 0 Å². The molecule has 0 fully saturated rings. The fraction of sp³-hybridized carbons (Fsp3) is 0.125. The first-order valence-electron chi connectivity index (χ1n) is 3.87. The van der Waals surface area contributed by atoms with Crippen molar-refractivity contribution >= 4 is 16.6 Å². The quantitative estimate of drug-likeness (QED) is 0.149. The van der Waals surface area contributed by atoms with Gasteiger partial charge in [0.2, 0.25) is 0 Å². The monoisotopic (exact) mass is 310 g/mol. The molecule has 1 aromatic carbocycles. The minimum Gasteiger partial charge on any atom is -0.447 e. The molecule has 0 aliphatic rings. The van der Waals surface area contributed by atoms with Gasteiger partial charge in [-0.3, -0.25) is 13.6 Å². The summed E-state index contributed by atoms with van der Waals surface area (Å²) >= 11 is 0. The van der Waals surface area contributed by atoms with Gasteiger partial charge in [0, 0.05) is 6.92 Å². The van der Waals surface area contributed by atoms with Crippen LogP contribution < -0.4 is 34.3 Å². The Morgan fingerprint density at radius 1 is 1.05 bits per heavy atom. The summed E-state index contributed by atoms with van der Waals surface area (Å²) in [5, 5.41) is 0. The van der Waals surface area contributed by atoms with Crippen LogP contribution in [0.5, 0.6) is 5.75 Å². The van der Waals surface area contributed by atoms with E-state index < -0.39 is 45.6 Å². The molecule has 0 bridgehead atoms. The van der Waals surface area contributed by atoms with Crippen molar-refractivity contribution in [3.05, 3.63) is 29.3 Å². The van der Waals surface area contributed by atoms with Crippen molar-refractivity contribution in [2.45, 2.75) is 6.92 Å². The van der Waals surface area contributed by atoms with Gasteiger partial charge in [0.1, 0.15) is 0 Å². The van der Waals surface area contributed by atoms with Crippen LogP contribution in [0.15, 0.2) is 0 Å². The van der Waals surface area contributed by atoms with Gasteiger partial charge >= 0.3 is 46.1 Å². The Kier molecular flexibility index (Phi) is 9.66. The van der Waals surface area contributed by atoms with Gasteiger partial charge in [-0.25, -0.2) is 8.78 Å². The van der Waals surface area contributed by atoms with E-state index in [9.17, 15) is 22.4 Å². The zero-order valence-corrected chi connectivity index (χ0v) is 12.3. The Balaban J connectivity index is 0. The predicted molar refractivity (Wildman–Crippen MR) is 46.1 cm³/mol. The average molecular weight is 310 g/mol. The van der Waals surface area contributed by atoms with Gasteiger partial charge in [-0.05, 0) is 0 Å². The second kappa shape index (κ2) is 9.02. The SMILES string of the molecule is CC(=O)Oc1c(F)c(F)[c-]c(F)c1F.O=S(=O)=O.[Na+]. The Morgan fingerprint density at radius 3 is 1.63 bits per heavy atom. The average Bonchev–Trinajstić information content (AvgIpc) is 2.20. The largest absolute Gasteiger partial charge is 1.00 e. The zero-order chi connectivity index (χ0) is 14.5. The molecule has 0 radical (unpaired) electrons. The summed E-state index contributed by atoms with van der Waals surface area (Å²) in [6.45, 7) is 0.839. The van der Waals surface area contributed by atoms with Gasteiger partial charge in [0.25, 0.3) is 0 Å². The van der Waals surface area contributed by atoms with Crippen molar-refractivity contribution in [2.75, 3.05) is 0 Å². The van der Waals surface area contributed by atoms with Gasteiger partial charge < -0.3 is 4.74 Å². The molecule has 0 atom stereocenters. The molecule has 5 nitrogen and oxygen atoms in total. The third-order valence-corrected chi connectivity index (χ3v) is 1.25. The minimum atomic E-state index is -3.11. The second-order valence-corrected chi connectivity index (χ2v) is 2.92. The third kappa shape index (κ3) is 7.25. The first-order chi connectivity index (χ1) is 8.16. The Morgan fingerprint density at radius 2 is 1.37 bits per heavy atom. The van der Waals surface area contributed by atoms with Crippen molar-refractivity contribution in [3.8, 4) is 5.75 Å². The molecule has 0 aliphatic carbocycles. The summed E-state index contributed by atoms with van der Waals surface area (Å²) in [6, 6.07) is 1.15. The van der Waals surface area contributed by atoms with Crippen molar-refractivity contribution in [1.29, 1.82) is 0 Å². The van der Waals surface area contributed by atoms with Crippen LogP contribution in [0.2, 0.25) is 0 Å². The number of hydrogen-bond donors (Lipinski definition) is 0. The van der Waals surface area contributed by atoms with E-state index in [0.29, 0.717) is 0 Å². The molecule has 0 spiro atoms. The smallest absolute Gasteiger partial charge is 0.447 e. The number of benzene rings is 1. The molecule has 0 saturated carbocycles. The van der Waals surface area contributed by atoms with Crippen LogP contribution in [0.4, 0.5) is 17.6 Å². The number of hydrogen-bond acceptors (Lipinski definition) is 5. The topological polar surface area (TPSA) is 77.5 Å². The van der Waals surface area contributed by atoms with Gasteiger partial charge in [-0.2, -0.15) is 0 Å². The van der Waals surface area contributed by atoms with Crippen LogP contribution in [0.1, 0.15) is 6.92 Å². The van der Waals surface area contributed by atoms with Crippen LogP contribution >= 0.6 is 0 Å². The van der Waals surface area contributed by atoms with E-state index in [-0.39, 0.29) is 29.6 Å². The van der Waals surface area contributed by atoms with E-state index >= 15 is 0 Å². The molecule has 0 heterocycles. The molecule has 0 N–H and O–H groups in total. The van der Waals surface area contributed by atoms with Gasteiger partial charge in [0.05, 0.1) is 29.0 Å². The van der Waals surface area contributed by atoms with E-state index in [1.54, 1.807) is 0 Å². The maximum Gasteiger partial charge on any atom is 1.00 e. The van der Waals surface area contributed by atoms with Gasteiger partial charge in [0.15, 0.2) is 0 Å². The van der Waals surface area contributed by atoms with Crippen LogP contribution in [-0.4, -0.2) is 18.6 Å². The molecule has 1 rings (SSSR count). The maximum absolute atomic E-state index is 12.7. The fourth-order valence-corrected chi connectivity index (χ4v) is 0.735. The molecule has 1 aromatic rings. The van der Waals surface area contributed by atoms with E-state index in [2.05, 4.69) is 4.74 Å². The van der Waals surface area contributed by atoms with Crippen molar-refractivity contribution in [2.24, 2.45) is 0 Å². The summed E-state index contributed by atoms with van der Waals surface area (Å²) in [4.78, 5) is 10.3. The van der Waals surface area contributed by atoms with Gasteiger partial charge in [-0.1, -0.05) is 0 Å². The third-order valence-electron chi connectivity index (χ3n) is 1.25. The summed E-state index contributed by atoms with van der Waals surface area (Å²) < 4.78 is 79.6. The molecular formula is C8H3F4NaO5S. The molecule has 11 heteroatoms. The minimum absolute atomic E-state index is 0. The van der Waals surface area contributed by atoms with Crippen LogP contribution in [0.25, 0.3) is 0 Å². The maximum atomic E-state index is 12.7. The Hall–Kier alpha value is -0.970. The second-order valence-electron chi connectivity index (χ2n) is 2.51. The molecule has 0 amide bonds. The molecule has 19 heavy (non-hydrogen) atoms. The molecule has 0 aromatic heterocycles. The number of rotatable bonds is 1. The number of esters is 1. The number of carbonyl (C=O) groups is 1. The molecule has 0 unspecified atom stereocenters. The first-order valence-corrected chi connectivity index (χ1v) is 4.87. The predicted octanol–water partition coefficient (Wildman–Crippen LogP) is -2.03. The van der Waals surface area contributed by atoms with Gasteiger partial charge in [-0.15, -0.1) is 18.7 Å². The molecule has 0 saturated heterocycles. The van der Waals surface area contributed by atoms with E-state index in [1.165, 1.54) is 0 Å². The number of halogens is 4.